The van der Waals surface area contributed by atoms with Gasteiger partial charge in [-0.05, 0) is 12.5 Å². The number of aliphatic hydroxyl groups is 1. The van der Waals surface area contributed by atoms with Crippen LogP contribution in [-0.2, 0) is 6.54 Å². The lowest BCUT2D eigenvalue weighted by Crippen LogP contribution is -2.20. The molecule has 0 spiro atoms. The van der Waals surface area contributed by atoms with Crippen molar-refractivity contribution in [2.45, 2.75) is 19.6 Å². The molecule has 0 saturated heterocycles. The molecule has 1 atom stereocenters. The summed E-state index contributed by atoms with van der Waals surface area (Å²) >= 11 is 0. The van der Waals surface area contributed by atoms with Crippen LogP contribution in [0.4, 0.5) is 0 Å². The molecule has 2 N–H and O–H groups in total. The van der Waals surface area contributed by atoms with Crippen LogP contribution in [0.2, 0.25) is 0 Å². The maximum absolute atomic E-state index is 9.89. The minimum Gasteiger partial charge on any atom is -0.387 e. The van der Waals surface area contributed by atoms with E-state index in [1.54, 1.807) is 0 Å². The van der Waals surface area contributed by atoms with Crippen LogP contribution in [-0.4, -0.2) is 16.8 Å². The average Bonchev–Trinajstić information content (AvgIpc) is 2.76. The lowest BCUT2D eigenvalue weighted by atomic mass is 10.1. The van der Waals surface area contributed by atoms with Gasteiger partial charge < -0.3 is 14.9 Å². The van der Waals surface area contributed by atoms with Gasteiger partial charge in [-0.25, -0.2) is 0 Å². The predicted octanol–water partition coefficient (Wildman–Crippen LogP) is 1.81. The maximum Gasteiger partial charge on any atom is 0.150 e. The largest absolute Gasteiger partial charge is 0.387 e. The van der Waals surface area contributed by atoms with Crippen LogP contribution in [0, 0.1) is 6.92 Å². The number of hydrogen-bond donors (Lipinski definition) is 2. The van der Waals surface area contributed by atoms with Gasteiger partial charge in [0.2, 0.25) is 0 Å². The number of hydrogen-bond acceptors (Lipinski definition) is 4. The zero-order valence-electron chi connectivity index (χ0n) is 9.76. The molecule has 4 nitrogen and oxygen atoms in total. The van der Waals surface area contributed by atoms with Crippen LogP contribution in [0.3, 0.4) is 0 Å². The minimum atomic E-state index is -0.500. The quantitative estimate of drug-likeness (QED) is 0.825. The van der Waals surface area contributed by atoms with Crippen LogP contribution in [0.5, 0.6) is 0 Å². The Hall–Kier alpha value is -1.65. The average molecular weight is 232 g/mol. The number of rotatable bonds is 5. The number of nitrogens with zero attached hydrogens (tertiary/aromatic N) is 1. The summed E-state index contributed by atoms with van der Waals surface area (Å²) in [7, 11) is 0. The summed E-state index contributed by atoms with van der Waals surface area (Å²) < 4.78 is 5.06. The topological polar surface area (TPSA) is 58.3 Å². The molecule has 1 unspecified atom stereocenters. The zero-order chi connectivity index (χ0) is 12.1. The first kappa shape index (κ1) is 11.8. The van der Waals surface area contributed by atoms with E-state index in [9.17, 15) is 5.11 Å². The van der Waals surface area contributed by atoms with Gasteiger partial charge >= 0.3 is 0 Å². The van der Waals surface area contributed by atoms with Gasteiger partial charge in [-0.2, -0.15) is 0 Å². The first-order valence-electron chi connectivity index (χ1n) is 5.61. The van der Waals surface area contributed by atoms with Gasteiger partial charge in [0.05, 0.1) is 18.3 Å². The maximum atomic E-state index is 9.89. The van der Waals surface area contributed by atoms with Crippen molar-refractivity contribution >= 4 is 0 Å². The van der Waals surface area contributed by atoms with E-state index < -0.39 is 6.10 Å². The molecule has 0 fully saturated rings. The Balaban J connectivity index is 1.79. The first-order valence-corrected chi connectivity index (χ1v) is 5.61. The molecule has 0 amide bonds. The van der Waals surface area contributed by atoms with E-state index in [4.69, 9.17) is 4.52 Å². The Kier molecular flexibility index (Phi) is 3.90. The van der Waals surface area contributed by atoms with Crippen molar-refractivity contribution in [2.75, 3.05) is 6.54 Å². The molecule has 1 aromatic carbocycles. The van der Waals surface area contributed by atoms with E-state index in [-0.39, 0.29) is 0 Å². The summed E-state index contributed by atoms with van der Waals surface area (Å²) in [6.07, 6.45) is -0.500. The molecule has 4 heteroatoms. The Bertz CT molecular complexity index is 453. The van der Waals surface area contributed by atoms with Gasteiger partial charge in [-0.3, -0.25) is 0 Å². The molecule has 0 aliphatic carbocycles. The summed E-state index contributed by atoms with van der Waals surface area (Å²) in [4.78, 5) is 0. The molecular weight excluding hydrogens is 216 g/mol. The third-order valence-electron chi connectivity index (χ3n) is 2.50. The molecule has 0 saturated carbocycles. The molecule has 0 bridgehead atoms. The van der Waals surface area contributed by atoms with Gasteiger partial charge in [0, 0.05) is 12.6 Å². The van der Waals surface area contributed by atoms with Crippen molar-refractivity contribution in [3.8, 4) is 0 Å². The Morgan fingerprint density at radius 2 is 2.12 bits per heavy atom. The van der Waals surface area contributed by atoms with Gasteiger partial charge in [-0.1, -0.05) is 35.5 Å². The minimum absolute atomic E-state index is 0.490. The van der Waals surface area contributed by atoms with Crippen molar-refractivity contribution in [3.05, 3.63) is 53.4 Å². The van der Waals surface area contributed by atoms with Gasteiger partial charge in [0.1, 0.15) is 0 Å². The van der Waals surface area contributed by atoms with E-state index in [0.29, 0.717) is 13.1 Å². The molecule has 0 aliphatic rings. The number of aryl methyl sites for hydroxylation is 1. The Labute approximate surface area is 100 Å². The fraction of sp³-hybridized carbons (Fsp3) is 0.308. The van der Waals surface area contributed by atoms with Crippen LogP contribution < -0.4 is 5.32 Å². The molecule has 0 radical (unpaired) electrons. The van der Waals surface area contributed by atoms with Crippen molar-refractivity contribution in [1.29, 1.82) is 0 Å². The second-order valence-corrected chi connectivity index (χ2v) is 3.99. The monoisotopic (exact) mass is 232 g/mol. The standard InChI is InChI=1S/C13H16N2O2/c1-10-7-12(17-15-10)8-14-9-13(16)11-5-3-2-4-6-11/h2-7,13-14,16H,8-9H2,1H3. The van der Waals surface area contributed by atoms with E-state index >= 15 is 0 Å². The van der Waals surface area contributed by atoms with Gasteiger partial charge in [0.15, 0.2) is 5.76 Å². The highest BCUT2D eigenvalue weighted by Crippen LogP contribution is 2.10. The highest BCUT2D eigenvalue weighted by atomic mass is 16.5. The van der Waals surface area contributed by atoms with E-state index in [2.05, 4.69) is 10.5 Å². The SMILES string of the molecule is Cc1cc(CNCC(O)c2ccccc2)on1. The van der Waals surface area contributed by atoms with Crippen molar-refractivity contribution in [3.63, 3.8) is 0 Å². The molecule has 1 heterocycles. The second-order valence-electron chi connectivity index (χ2n) is 3.99. The molecule has 2 rings (SSSR count). The molecule has 90 valence electrons. The summed E-state index contributed by atoms with van der Waals surface area (Å²) in [5.74, 6) is 0.780. The Morgan fingerprint density at radius 1 is 1.35 bits per heavy atom. The third-order valence-corrected chi connectivity index (χ3v) is 2.50. The highest BCUT2D eigenvalue weighted by Gasteiger charge is 2.06. The number of benzene rings is 1. The second kappa shape index (κ2) is 5.61. The number of nitrogens with one attached hydrogen (secondary N) is 1. The van der Waals surface area contributed by atoms with Crippen LogP contribution >= 0.6 is 0 Å². The summed E-state index contributed by atoms with van der Waals surface area (Å²) in [6.45, 7) is 2.94. The fourth-order valence-corrected chi connectivity index (χ4v) is 1.62. The van der Waals surface area contributed by atoms with E-state index in [0.717, 1.165) is 17.0 Å². The fourth-order valence-electron chi connectivity index (χ4n) is 1.62. The molecule has 17 heavy (non-hydrogen) atoms. The van der Waals surface area contributed by atoms with Crippen molar-refractivity contribution in [2.24, 2.45) is 0 Å². The smallest absolute Gasteiger partial charge is 0.150 e. The van der Waals surface area contributed by atoms with Gasteiger partial charge in [-0.15, -0.1) is 0 Å². The Morgan fingerprint density at radius 3 is 2.76 bits per heavy atom. The lowest BCUT2D eigenvalue weighted by Gasteiger charge is -2.10. The molecular formula is C13H16N2O2. The van der Waals surface area contributed by atoms with E-state index in [1.807, 2.05) is 43.3 Å². The summed E-state index contributed by atoms with van der Waals surface area (Å²) in [6, 6.07) is 11.5. The first-order chi connectivity index (χ1) is 8.25. The summed E-state index contributed by atoms with van der Waals surface area (Å²) in [5, 5.41) is 16.8. The zero-order valence-corrected chi connectivity index (χ0v) is 9.76. The highest BCUT2D eigenvalue weighted by molar-refractivity contribution is 5.17. The third kappa shape index (κ3) is 3.41. The molecule has 0 aliphatic heterocycles. The number of aliphatic hydroxyl groups excluding tert-OH is 1. The van der Waals surface area contributed by atoms with Crippen LogP contribution in [0.15, 0.2) is 40.9 Å². The van der Waals surface area contributed by atoms with Crippen LogP contribution in [0.1, 0.15) is 23.1 Å². The van der Waals surface area contributed by atoms with Crippen molar-refractivity contribution < 1.29 is 9.63 Å². The molecule has 2 aromatic rings. The van der Waals surface area contributed by atoms with Crippen molar-refractivity contribution in [1.82, 2.24) is 10.5 Å². The number of aromatic nitrogens is 1. The predicted molar refractivity (Wildman–Crippen MR) is 64.3 cm³/mol. The van der Waals surface area contributed by atoms with Crippen LogP contribution in [0.25, 0.3) is 0 Å². The van der Waals surface area contributed by atoms with Gasteiger partial charge in [0.25, 0.3) is 0 Å². The lowest BCUT2D eigenvalue weighted by molar-refractivity contribution is 0.173. The molecule has 1 aromatic heterocycles. The summed E-state index contributed by atoms with van der Waals surface area (Å²) in [5.41, 5.74) is 1.78. The van der Waals surface area contributed by atoms with E-state index in [1.165, 1.54) is 0 Å². The normalized spacial score (nSPS) is 12.6.